The molecule has 0 heterocycles. The van der Waals surface area contributed by atoms with Crippen LogP contribution in [0.4, 0.5) is 11.4 Å². The van der Waals surface area contributed by atoms with Gasteiger partial charge in [0.25, 0.3) is 0 Å². The third-order valence-electron chi connectivity index (χ3n) is 3.86. The fourth-order valence-corrected chi connectivity index (χ4v) is 2.72. The van der Waals surface area contributed by atoms with Gasteiger partial charge in [-0.15, -0.1) is 0 Å². The van der Waals surface area contributed by atoms with Crippen LogP contribution in [0.5, 0.6) is 0 Å². The van der Waals surface area contributed by atoms with E-state index in [2.05, 4.69) is 13.8 Å². The molecule has 0 radical (unpaired) electrons. The molecule has 0 bridgehead atoms. The molecule has 0 N–H and O–H groups in total. The van der Waals surface area contributed by atoms with Crippen LogP contribution in [0.1, 0.15) is 37.8 Å². The second-order valence-corrected chi connectivity index (χ2v) is 6.56. The molecular formula is C20H22Cl2N2. The van der Waals surface area contributed by atoms with E-state index >= 15 is 0 Å². The van der Waals surface area contributed by atoms with Gasteiger partial charge >= 0.3 is 0 Å². The minimum atomic E-state index is 0.690. The Morgan fingerprint density at radius 1 is 0.750 bits per heavy atom. The molecule has 2 rings (SSSR count). The molecule has 0 fully saturated rings. The first-order chi connectivity index (χ1) is 11.4. The normalized spacial score (nSPS) is 12.6. The van der Waals surface area contributed by atoms with Crippen LogP contribution in [0.3, 0.4) is 0 Å². The van der Waals surface area contributed by atoms with Gasteiger partial charge in [0.1, 0.15) is 0 Å². The molecule has 0 atom stereocenters. The van der Waals surface area contributed by atoms with Crippen molar-refractivity contribution in [3.63, 3.8) is 0 Å². The zero-order chi connectivity index (χ0) is 17.7. The van der Waals surface area contributed by atoms with Crippen molar-refractivity contribution >= 4 is 46.0 Å². The Hall–Kier alpha value is -1.64. The molecule has 0 aliphatic rings. The maximum atomic E-state index is 6.11. The highest BCUT2D eigenvalue weighted by Gasteiger charge is 2.09. The molecule has 4 heteroatoms. The predicted octanol–water partition coefficient (Wildman–Crippen LogP) is 7.28. The van der Waals surface area contributed by atoms with Crippen molar-refractivity contribution in [3.8, 4) is 0 Å². The quantitative estimate of drug-likeness (QED) is 0.500. The second kappa shape index (κ2) is 8.46. The summed E-state index contributed by atoms with van der Waals surface area (Å²) in [6.07, 6.45) is 1.61. The van der Waals surface area contributed by atoms with Crippen LogP contribution < -0.4 is 0 Å². The Morgan fingerprint density at radius 2 is 1.12 bits per heavy atom. The third-order valence-corrected chi connectivity index (χ3v) is 4.33. The van der Waals surface area contributed by atoms with Crippen LogP contribution >= 0.6 is 23.2 Å². The first kappa shape index (κ1) is 18.7. The Bertz CT molecular complexity index is 725. The average molecular weight is 361 g/mol. The highest BCUT2D eigenvalue weighted by molar-refractivity contribution is 6.43. The van der Waals surface area contributed by atoms with Crippen LogP contribution in [-0.4, -0.2) is 11.4 Å². The highest BCUT2D eigenvalue weighted by Crippen LogP contribution is 2.26. The van der Waals surface area contributed by atoms with E-state index in [4.69, 9.17) is 33.2 Å². The van der Waals surface area contributed by atoms with E-state index in [-0.39, 0.29) is 0 Å². The molecular weight excluding hydrogens is 339 g/mol. The van der Waals surface area contributed by atoms with Gasteiger partial charge in [0, 0.05) is 10.0 Å². The standard InChI is InChI=1S/C20H22Cl2N2/c1-5-17(23-19-11-15(21)9-7-13(19)3)18(6-2)24-20-12-16(22)10-8-14(20)4/h7-12H,5-6H2,1-4H3. The Balaban J connectivity index is 2.49. The van der Waals surface area contributed by atoms with Crippen molar-refractivity contribution in [1.82, 2.24) is 0 Å². The fraction of sp³-hybridized carbons (Fsp3) is 0.300. The molecule has 0 amide bonds. The Morgan fingerprint density at radius 3 is 1.46 bits per heavy atom. The van der Waals surface area contributed by atoms with E-state index in [0.29, 0.717) is 10.0 Å². The van der Waals surface area contributed by atoms with E-state index in [1.165, 1.54) is 0 Å². The van der Waals surface area contributed by atoms with Crippen LogP contribution in [0.15, 0.2) is 46.4 Å². The van der Waals surface area contributed by atoms with E-state index in [0.717, 1.165) is 46.8 Å². The monoisotopic (exact) mass is 360 g/mol. The highest BCUT2D eigenvalue weighted by atomic mass is 35.5. The van der Waals surface area contributed by atoms with Crippen molar-refractivity contribution in [2.75, 3.05) is 0 Å². The lowest BCUT2D eigenvalue weighted by molar-refractivity contribution is 1.23. The molecule has 0 saturated carbocycles. The van der Waals surface area contributed by atoms with Crippen molar-refractivity contribution < 1.29 is 0 Å². The topological polar surface area (TPSA) is 24.7 Å². The van der Waals surface area contributed by atoms with Gasteiger partial charge in [-0.1, -0.05) is 49.2 Å². The van der Waals surface area contributed by atoms with E-state index < -0.39 is 0 Å². The molecule has 0 aromatic heterocycles. The molecule has 0 aliphatic carbocycles. The smallest absolute Gasteiger partial charge is 0.0677 e. The first-order valence-corrected chi connectivity index (χ1v) is 8.88. The van der Waals surface area contributed by atoms with Gasteiger partial charge in [0.15, 0.2) is 0 Å². The molecule has 0 aliphatic heterocycles. The number of rotatable bonds is 5. The summed E-state index contributed by atoms with van der Waals surface area (Å²) in [5.41, 5.74) is 5.93. The molecule has 2 nitrogen and oxygen atoms in total. The fourth-order valence-electron chi connectivity index (χ4n) is 2.39. The maximum absolute atomic E-state index is 6.11. The number of aliphatic imine (C=N–C) groups is 2. The van der Waals surface area contributed by atoms with Gasteiger partial charge in [-0.25, -0.2) is 0 Å². The zero-order valence-corrected chi connectivity index (χ0v) is 16.0. The van der Waals surface area contributed by atoms with Crippen LogP contribution in [0.2, 0.25) is 10.0 Å². The molecule has 2 aromatic rings. The molecule has 0 unspecified atom stereocenters. The van der Waals surface area contributed by atoms with Gasteiger partial charge < -0.3 is 0 Å². The number of halogens is 2. The summed E-state index contributed by atoms with van der Waals surface area (Å²) in [6.45, 7) is 8.25. The van der Waals surface area contributed by atoms with Crippen LogP contribution in [0, 0.1) is 13.8 Å². The van der Waals surface area contributed by atoms with Crippen molar-refractivity contribution in [3.05, 3.63) is 57.6 Å². The van der Waals surface area contributed by atoms with Gasteiger partial charge in [0.2, 0.25) is 0 Å². The van der Waals surface area contributed by atoms with Crippen molar-refractivity contribution in [2.45, 2.75) is 40.5 Å². The molecule has 2 aromatic carbocycles. The van der Waals surface area contributed by atoms with Crippen molar-refractivity contribution in [2.24, 2.45) is 9.98 Å². The lowest BCUT2D eigenvalue weighted by Gasteiger charge is -2.10. The molecule has 0 saturated heterocycles. The Labute approximate surface area is 154 Å². The molecule has 0 spiro atoms. The minimum Gasteiger partial charge on any atom is -0.251 e. The summed E-state index contributed by atoms with van der Waals surface area (Å²) in [6, 6.07) is 11.5. The second-order valence-electron chi connectivity index (χ2n) is 5.69. The average Bonchev–Trinajstić information content (AvgIpc) is 2.56. The van der Waals surface area contributed by atoms with Crippen LogP contribution in [0.25, 0.3) is 0 Å². The number of benzene rings is 2. The number of aryl methyl sites for hydroxylation is 2. The largest absolute Gasteiger partial charge is 0.251 e. The van der Waals surface area contributed by atoms with E-state index in [1.807, 2.05) is 50.2 Å². The number of hydrogen-bond donors (Lipinski definition) is 0. The summed E-state index contributed by atoms with van der Waals surface area (Å²) in [5.74, 6) is 0. The third kappa shape index (κ3) is 4.68. The number of nitrogens with zero attached hydrogens (tertiary/aromatic N) is 2. The molecule has 24 heavy (non-hydrogen) atoms. The van der Waals surface area contributed by atoms with Gasteiger partial charge in [-0.2, -0.15) is 0 Å². The Kier molecular flexibility index (Phi) is 6.59. The van der Waals surface area contributed by atoms with Crippen molar-refractivity contribution in [1.29, 1.82) is 0 Å². The molecule has 126 valence electrons. The lowest BCUT2D eigenvalue weighted by Crippen LogP contribution is -2.12. The summed E-state index contributed by atoms with van der Waals surface area (Å²) in [4.78, 5) is 9.65. The van der Waals surface area contributed by atoms with Gasteiger partial charge in [0.05, 0.1) is 22.8 Å². The SMILES string of the molecule is CCC(=Nc1cc(Cl)ccc1C)C(CC)=Nc1cc(Cl)ccc1C. The summed E-state index contributed by atoms with van der Waals surface area (Å²) in [7, 11) is 0. The lowest BCUT2D eigenvalue weighted by atomic mass is 10.1. The first-order valence-electron chi connectivity index (χ1n) is 8.12. The van der Waals surface area contributed by atoms with Gasteiger partial charge in [-0.3, -0.25) is 9.98 Å². The van der Waals surface area contributed by atoms with Crippen LogP contribution in [-0.2, 0) is 0 Å². The summed E-state index contributed by atoms with van der Waals surface area (Å²) in [5, 5.41) is 1.38. The zero-order valence-electron chi connectivity index (χ0n) is 14.5. The summed E-state index contributed by atoms with van der Waals surface area (Å²) >= 11 is 12.2. The summed E-state index contributed by atoms with van der Waals surface area (Å²) < 4.78 is 0. The number of hydrogen-bond acceptors (Lipinski definition) is 2. The maximum Gasteiger partial charge on any atom is 0.0677 e. The van der Waals surface area contributed by atoms with E-state index in [1.54, 1.807) is 0 Å². The van der Waals surface area contributed by atoms with E-state index in [9.17, 15) is 0 Å². The predicted molar refractivity (Wildman–Crippen MR) is 107 cm³/mol. The van der Waals surface area contributed by atoms with Gasteiger partial charge in [-0.05, 0) is 62.1 Å². The minimum absolute atomic E-state index is 0.690.